The van der Waals surface area contributed by atoms with E-state index in [0.717, 1.165) is 33.2 Å². The third kappa shape index (κ3) is 9.88. The number of hydrogen-bond acceptors (Lipinski definition) is 10. The van der Waals surface area contributed by atoms with Crippen molar-refractivity contribution in [3.05, 3.63) is 101 Å². The Morgan fingerprint density at radius 3 is 2.51 bits per heavy atom. The quantitative estimate of drug-likeness (QED) is 0.111. The first-order valence-corrected chi connectivity index (χ1v) is 19.7. The molecule has 55 heavy (non-hydrogen) atoms. The van der Waals surface area contributed by atoms with E-state index in [4.69, 9.17) is 28.1 Å². The summed E-state index contributed by atoms with van der Waals surface area (Å²) in [5, 5.41) is 11.7. The predicted molar refractivity (Wildman–Crippen MR) is 215 cm³/mol. The van der Waals surface area contributed by atoms with Gasteiger partial charge >= 0.3 is 0 Å². The first kappa shape index (κ1) is 39.8. The lowest BCUT2D eigenvalue weighted by molar-refractivity contribution is -0.142. The lowest BCUT2D eigenvalue weighted by atomic mass is 10.0. The first-order chi connectivity index (χ1) is 26.8. The number of carbonyl (C=O) groups excluding carboxylic acids is 3. The predicted octanol–water partition coefficient (Wildman–Crippen LogP) is 4.33. The molecule has 3 amide bonds. The second kappa shape index (κ2) is 19.1. The maximum Gasteiger partial charge on any atom is 0.245 e. The van der Waals surface area contributed by atoms with Crippen molar-refractivity contribution in [3.63, 3.8) is 0 Å². The molecule has 13 nitrogen and oxygen atoms in total. The van der Waals surface area contributed by atoms with Gasteiger partial charge in [0.15, 0.2) is 0 Å². The molecule has 288 valence electrons. The molecule has 0 aliphatic carbocycles. The number of H-pyrrole nitrogens is 1. The Morgan fingerprint density at radius 1 is 0.891 bits per heavy atom. The van der Waals surface area contributed by atoms with Crippen LogP contribution in [-0.4, -0.2) is 80.8 Å². The molecule has 0 fully saturated rings. The number of nitrogens with zero attached hydrogens (tertiary/aromatic N) is 4. The third-order valence-electron chi connectivity index (χ3n) is 9.80. The Labute approximate surface area is 329 Å². The first-order valence-electron chi connectivity index (χ1n) is 18.5. The molecule has 0 bridgehead atoms. The van der Waals surface area contributed by atoms with Gasteiger partial charge in [-0.05, 0) is 86.1 Å². The second-order valence-electron chi connectivity index (χ2n) is 13.6. The Kier molecular flexibility index (Phi) is 13.9. The number of aromatic nitrogens is 4. The van der Waals surface area contributed by atoms with Crippen LogP contribution in [-0.2, 0) is 33.9 Å². The second-order valence-corrected chi connectivity index (χ2v) is 15.0. The molecule has 0 saturated carbocycles. The third-order valence-corrected chi connectivity index (χ3v) is 11.5. The summed E-state index contributed by atoms with van der Waals surface area (Å²) in [6, 6.07) is 12.9. The van der Waals surface area contributed by atoms with Crippen molar-refractivity contribution in [1.29, 1.82) is 0 Å². The van der Waals surface area contributed by atoms with Gasteiger partial charge in [-0.15, -0.1) is 0 Å². The van der Waals surface area contributed by atoms with Crippen molar-refractivity contribution in [2.24, 2.45) is 11.5 Å². The average Bonchev–Trinajstić information content (AvgIpc) is 3.62. The molecule has 2 aromatic carbocycles. The van der Waals surface area contributed by atoms with Crippen molar-refractivity contribution in [3.8, 4) is 11.3 Å². The zero-order valence-corrected chi connectivity index (χ0v) is 32.3. The van der Waals surface area contributed by atoms with Crippen LogP contribution in [0, 0.1) is 0 Å². The lowest BCUT2D eigenvalue weighted by Gasteiger charge is -2.32. The van der Waals surface area contributed by atoms with Gasteiger partial charge in [0.05, 0.1) is 23.0 Å². The Bertz CT molecular complexity index is 2100. The molecule has 15 heteroatoms. The van der Waals surface area contributed by atoms with Crippen molar-refractivity contribution in [1.82, 2.24) is 40.8 Å². The summed E-state index contributed by atoms with van der Waals surface area (Å²) in [6.07, 6.45) is 11.4. The van der Waals surface area contributed by atoms with Gasteiger partial charge in [-0.1, -0.05) is 47.6 Å². The summed E-state index contributed by atoms with van der Waals surface area (Å²) in [6.45, 7) is 1.27. The molecule has 4 heterocycles. The van der Waals surface area contributed by atoms with Crippen LogP contribution in [0.1, 0.15) is 48.8 Å². The smallest absolute Gasteiger partial charge is 0.245 e. The van der Waals surface area contributed by atoms with Gasteiger partial charge in [0.2, 0.25) is 17.7 Å². The van der Waals surface area contributed by atoms with E-state index < -0.39 is 18.1 Å². The summed E-state index contributed by atoms with van der Waals surface area (Å²) in [5.74, 6) is -1.06. The topological polar surface area (TPSA) is 197 Å². The highest BCUT2D eigenvalue weighted by molar-refractivity contribution is 7.99. The largest absolute Gasteiger partial charge is 0.361 e. The van der Waals surface area contributed by atoms with Crippen molar-refractivity contribution in [2.75, 3.05) is 20.1 Å². The molecule has 8 N–H and O–H groups in total. The molecular formula is C40H47ClN10O3S. The highest BCUT2D eigenvalue weighted by Gasteiger charge is 2.34. The van der Waals surface area contributed by atoms with Crippen LogP contribution in [0.4, 0.5) is 0 Å². The zero-order valence-electron chi connectivity index (χ0n) is 30.8. The fraction of sp³-hybridized carbons (Fsp3) is 0.350. The number of nitrogens with one attached hydrogen (secondary N) is 4. The SMILES string of the molecule is CN1C(=O)[C@H](CCCCN)NC(=O)[C@H](CCCN)NCc2cccnc2Sc2c(Cl)cc(-c3cnccn3)cc2CNC(=O)[C@@H]1Cc1c[nH]c2ccccc12. The minimum Gasteiger partial charge on any atom is -0.361 e. The number of nitrogens with two attached hydrogens (primary N) is 2. The summed E-state index contributed by atoms with van der Waals surface area (Å²) < 4.78 is 0. The maximum atomic E-state index is 14.5. The number of fused-ring (bicyclic) bond motifs is 3. The summed E-state index contributed by atoms with van der Waals surface area (Å²) in [7, 11) is 1.62. The number of amides is 3. The van der Waals surface area contributed by atoms with Gasteiger partial charge in [0.25, 0.3) is 0 Å². The number of benzene rings is 2. The maximum absolute atomic E-state index is 14.5. The van der Waals surface area contributed by atoms with E-state index >= 15 is 0 Å². The van der Waals surface area contributed by atoms with Gasteiger partial charge in [0.1, 0.15) is 17.1 Å². The Hall–Kier alpha value is -4.86. The minimum atomic E-state index is -0.931. The fourth-order valence-corrected chi connectivity index (χ4v) is 8.11. The number of halogens is 1. The number of para-hydroxylation sites is 1. The van der Waals surface area contributed by atoms with Crippen LogP contribution in [0.3, 0.4) is 0 Å². The average molecular weight is 783 g/mol. The van der Waals surface area contributed by atoms with Gasteiger partial charge in [0, 0.05) is 72.7 Å². The summed E-state index contributed by atoms with van der Waals surface area (Å²) in [4.78, 5) is 61.9. The van der Waals surface area contributed by atoms with Crippen LogP contribution < -0.4 is 27.4 Å². The van der Waals surface area contributed by atoms with Crippen LogP contribution in [0.15, 0.2) is 89.4 Å². The van der Waals surface area contributed by atoms with Gasteiger partial charge in [-0.2, -0.15) is 0 Å². The normalized spacial score (nSPS) is 18.7. The van der Waals surface area contributed by atoms with E-state index in [1.54, 1.807) is 31.8 Å². The number of pyridine rings is 1. The van der Waals surface area contributed by atoms with E-state index in [1.165, 1.54) is 16.7 Å². The molecule has 3 aromatic heterocycles. The number of aromatic amines is 1. The van der Waals surface area contributed by atoms with E-state index in [9.17, 15) is 14.4 Å². The number of likely N-dealkylation sites (N-methyl/N-ethyl adjacent to an activating group) is 1. The highest BCUT2D eigenvalue weighted by atomic mass is 35.5. The number of rotatable bonds is 10. The lowest BCUT2D eigenvalue weighted by Crippen LogP contribution is -2.57. The van der Waals surface area contributed by atoms with Crippen molar-refractivity contribution in [2.45, 2.75) is 79.7 Å². The monoisotopic (exact) mass is 782 g/mol. The summed E-state index contributed by atoms with van der Waals surface area (Å²) in [5.41, 5.74) is 16.5. The zero-order chi connectivity index (χ0) is 38.7. The Morgan fingerprint density at radius 2 is 1.71 bits per heavy atom. The van der Waals surface area contributed by atoms with Crippen molar-refractivity contribution >= 4 is 52.0 Å². The molecule has 1 aliphatic heterocycles. The molecule has 5 aromatic rings. The van der Waals surface area contributed by atoms with Crippen LogP contribution >= 0.6 is 23.4 Å². The van der Waals surface area contributed by atoms with Gasteiger partial charge in [-0.25, -0.2) is 4.98 Å². The minimum absolute atomic E-state index is 0.0969. The number of carbonyl (C=O) groups is 3. The summed E-state index contributed by atoms with van der Waals surface area (Å²) >= 11 is 8.44. The molecule has 0 unspecified atom stereocenters. The van der Waals surface area contributed by atoms with Crippen LogP contribution in [0.5, 0.6) is 0 Å². The molecule has 0 radical (unpaired) electrons. The van der Waals surface area contributed by atoms with Gasteiger partial charge in [-0.3, -0.25) is 24.4 Å². The fourth-order valence-electron chi connectivity index (χ4n) is 6.76. The molecule has 1 aliphatic rings. The van der Waals surface area contributed by atoms with E-state index in [1.807, 2.05) is 54.7 Å². The van der Waals surface area contributed by atoms with Gasteiger partial charge < -0.3 is 37.3 Å². The van der Waals surface area contributed by atoms with Crippen molar-refractivity contribution < 1.29 is 14.4 Å². The molecular weight excluding hydrogens is 736 g/mol. The van der Waals surface area contributed by atoms with Crippen LogP contribution in [0.25, 0.3) is 22.2 Å². The molecule has 0 spiro atoms. The van der Waals surface area contributed by atoms with Crippen LogP contribution in [0.2, 0.25) is 5.02 Å². The highest BCUT2D eigenvalue weighted by Crippen LogP contribution is 2.39. The Balaban J connectivity index is 1.44. The molecule has 6 rings (SSSR count). The van der Waals surface area contributed by atoms with E-state index in [-0.39, 0.29) is 30.7 Å². The van der Waals surface area contributed by atoms with E-state index in [2.05, 4.69) is 30.9 Å². The standard InChI is InChI=1S/C40H47ClN10O3S/c1-51-35(20-27-22-47-31-10-3-2-9-29(27)31)38(53)49-23-28-18-26(34-24-44-16-17-45-34)19-30(41)36(28)55-39-25(8-7-15-46-39)21-48-32(12-6-14-43)37(52)50-33(40(51)54)11-4-5-13-42/h2-3,7-10,15-19,22,24,32-33,35,47-48H,4-6,11-14,20-21,23,42-43H2,1H3,(H,49,53)(H,50,52)/t32-,33-,35-/m0/s1. The number of hydrogen-bond donors (Lipinski definition) is 6. The molecule has 0 saturated heterocycles. The molecule has 3 atom stereocenters. The number of unbranched alkanes of at least 4 members (excludes halogenated alkanes) is 1. The van der Waals surface area contributed by atoms with E-state index in [0.29, 0.717) is 72.4 Å².